The maximum Gasteiger partial charge on any atom is 0.257 e. The van der Waals surface area contributed by atoms with E-state index in [4.69, 9.17) is 4.52 Å². The third kappa shape index (κ3) is 3.84. The van der Waals surface area contributed by atoms with E-state index >= 15 is 0 Å². The van der Waals surface area contributed by atoms with Crippen LogP contribution in [0.1, 0.15) is 11.4 Å². The number of hydrogen-bond acceptors (Lipinski definition) is 5. The molecule has 2 aromatic rings. The zero-order valence-electron chi connectivity index (χ0n) is 11.8. The lowest BCUT2D eigenvalue weighted by atomic mass is 10.1. The second-order valence-corrected chi connectivity index (χ2v) is 5.65. The zero-order valence-corrected chi connectivity index (χ0v) is 12.6. The van der Waals surface area contributed by atoms with Gasteiger partial charge in [0.25, 0.3) is 5.89 Å². The average Bonchev–Trinajstić information content (AvgIpc) is 2.88. The summed E-state index contributed by atoms with van der Waals surface area (Å²) < 4.78 is 5.23. The minimum atomic E-state index is 0.0808. The van der Waals surface area contributed by atoms with Gasteiger partial charge in [0.1, 0.15) is 0 Å². The van der Waals surface area contributed by atoms with Crippen LogP contribution in [-0.2, 0) is 10.5 Å². The van der Waals surface area contributed by atoms with E-state index in [9.17, 15) is 4.79 Å². The van der Waals surface area contributed by atoms with Crippen LogP contribution >= 0.6 is 11.8 Å². The average molecular weight is 291 g/mol. The van der Waals surface area contributed by atoms with E-state index in [0.29, 0.717) is 23.2 Å². The van der Waals surface area contributed by atoms with E-state index in [1.54, 1.807) is 19.0 Å². The van der Waals surface area contributed by atoms with Gasteiger partial charge in [-0.25, -0.2) is 0 Å². The van der Waals surface area contributed by atoms with Crippen LogP contribution in [0, 0.1) is 6.92 Å². The highest BCUT2D eigenvalue weighted by Crippen LogP contribution is 2.19. The summed E-state index contributed by atoms with van der Waals surface area (Å²) in [6.45, 7) is 2.03. The highest BCUT2D eigenvalue weighted by atomic mass is 32.2. The maximum absolute atomic E-state index is 11.4. The molecule has 1 heterocycles. The summed E-state index contributed by atoms with van der Waals surface area (Å²) in [4.78, 5) is 17.3. The summed E-state index contributed by atoms with van der Waals surface area (Å²) in [7, 11) is 3.49. The van der Waals surface area contributed by atoms with Gasteiger partial charge in [0.05, 0.1) is 11.5 Å². The van der Waals surface area contributed by atoms with Gasteiger partial charge in [0, 0.05) is 19.7 Å². The zero-order chi connectivity index (χ0) is 14.5. The molecule has 0 aliphatic carbocycles. The molecule has 2 rings (SSSR count). The predicted octanol–water partition coefficient (Wildman–Crippen LogP) is 2.37. The van der Waals surface area contributed by atoms with Gasteiger partial charge in [0.2, 0.25) is 5.91 Å². The van der Waals surface area contributed by atoms with Gasteiger partial charge in [-0.1, -0.05) is 22.9 Å². The van der Waals surface area contributed by atoms with Crippen molar-refractivity contribution in [2.45, 2.75) is 12.7 Å². The fraction of sp³-hybridized carbons (Fsp3) is 0.357. The fourth-order valence-electron chi connectivity index (χ4n) is 1.48. The lowest BCUT2D eigenvalue weighted by molar-refractivity contribution is -0.125. The Morgan fingerprint density at radius 3 is 2.65 bits per heavy atom. The molecule has 0 bridgehead atoms. The molecule has 106 valence electrons. The molecule has 0 aliphatic rings. The SMILES string of the molecule is Cc1ccc(-c2nc(CSCC(=O)N(C)C)no2)cc1. The van der Waals surface area contributed by atoms with Crippen molar-refractivity contribution >= 4 is 17.7 Å². The Labute approximate surface area is 122 Å². The minimum Gasteiger partial charge on any atom is -0.348 e. The molecule has 6 heteroatoms. The van der Waals surface area contributed by atoms with E-state index in [2.05, 4.69) is 10.1 Å². The molecule has 0 atom stereocenters. The monoisotopic (exact) mass is 291 g/mol. The van der Waals surface area contributed by atoms with Crippen LogP contribution in [0.25, 0.3) is 11.5 Å². The van der Waals surface area contributed by atoms with Crippen molar-refractivity contribution < 1.29 is 9.32 Å². The van der Waals surface area contributed by atoms with Gasteiger partial charge in [-0.3, -0.25) is 4.79 Å². The van der Waals surface area contributed by atoms with Gasteiger partial charge < -0.3 is 9.42 Å². The molecule has 0 unspecified atom stereocenters. The summed E-state index contributed by atoms with van der Waals surface area (Å²) in [5.74, 6) is 2.19. The first kappa shape index (κ1) is 14.6. The molecule has 0 spiro atoms. The number of amides is 1. The van der Waals surface area contributed by atoms with E-state index < -0.39 is 0 Å². The van der Waals surface area contributed by atoms with Gasteiger partial charge in [-0.2, -0.15) is 4.98 Å². The molecular weight excluding hydrogens is 274 g/mol. The molecule has 0 N–H and O–H groups in total. The number of aryl methyl sites for hydroxylation is 1. The highest BCUT2D eigenvalue weighted by molar-refractivity contribution is 7.99. The quantitative estimate of drug-likeness (QED) is 0.846. The number of carbonyl (C=O) groups is 1. The third-order valence-electron chi connectivity index (χ3n) is 2.72. The first-order valence-corrected chi connectivity index (χ1v) is 7.39. The Hall–Kier alpha value is -1.82. The Balaban J connectivity index is 1.92. The number of hydrogen-bond donors (Lipinski definition) is 0. The lowest BCUT2D eigenvalue weighted by Gasteiger charge is -2.08. The second-order valence-electron chi connectivity index (χ2n) is 4.66. The van der Waals surface area contributed by atoms with Crippen LogP contribution in [0.3, 0.4) is 0 Å². The van der Waals surface area contributed by atoms with Gasteiger partial charge in [-0.05, 0) is 19.1 Å². The number of aromatic nitrogens is 2. The van der Waals surface area contributed by atoms with Gasteiger partial charge >= 0.3 is 0 Å². The molecule has 0 aliphatic heterocycles. The standard InChI is InChI=1S/C14H17N3O2S/c1-10-4-6-11(7-5-10)14-15-12(16-19-14)8-20-9-13(18)17(2)3/h4-7H,8-9H2,1-3H3. The fourth-order valence-corrected chi connectivity index (χ4v) is 2.32. The molecule has 20 heavy (non-hydrogen) atoms. The van der Waals surface area contributed by atoms with Crippen LogP contribution in [0.5, 0.6) is 0 Å². The van der Waals surface area contributed by atoms with E-state index in [-0.39, 0.29) is 5.91 Å². The summed E-state index contributed by atoms with van der Waals surface area (Å²) >= 11 is 1.48. The summed E-state index contributed by atoms with van der Waals surface area (Å²) in [6.07, 6.45) is 0. The summed E-state index contributed by atoms with van der Waals surface area (Å²) in [6, 6.07) is 7.91. The molecule has 5 nitrogen and oxygen atoms in total. The molecule has 1 amide bonds. The first-order chi connectivity index (χ1) is 9.56. The second kappa shape index (κ2) is 6.56. The van der Waals surface area contributed by atoms with Crippen molar-refractivity contribution in [3.05, 3.63) is 35.7 Å². The Kier molecular flexibility index (Phi) is 4.79. The van der Waals surface area contributed by atoms with Crippen molar-refractivity contribution in [3.63, 3.8) is 0 Å². The van der Waals surface area contributed by atoms with E-state index in [0.717, 1.165) is 5.56 Å². The first-order valence-electron chi connectivity index (χ1n) is 6.24. The molecule has 1 aromatic heterocycles. The topological polar surface area (TPSA) is 59.2 Å². The summed E-state index contributed by atoms with van der Waals surface area (Å²) in [5.41, 5.74) is 2.09. The highest BCUT2D eigenvalue weighted by Gasteiger charge is 2.10. The number of nitrogens with zero attached hydrogens (tertiary/aromatic N) is 3. The number of rotatable bonds is 5. The smallest absolute Gasteiger partial charge is 0.257 e. The van der Waals surface area contributed by atoms with E-state index in [1.807, 2.05) is 31.2 Å². The van der Waals surface area contributed by atoms with Crippen LogP contribution in [0.15, 0.2) is 28.8 Å². The number of benzene rings is 1. The molecule has 0 fully saturated rings. The van der Waals surface area contributed by atoms with Crippen LogP contribution < -0.4 is 0 Å². The van der Waals surface area contributed by atoms with Crippen LogP contribution in [0.2, 0.25) is 0 Å². The van der Waals surface area contributed by atoms with Crippen molar-refractivity contribution in [1.29, 1.82) is 0 Å². The van der Waals surface area contributed by atoms with E-state index in [1.165, 1.54) is 17.3 Å². The van der Waals surface area contributed by atoms with Gasteiger partial charge in [0.15, 0.2) is 5.82 Å². The minimum absolute atomic E-state index is 0.0808. The van der Waals surface area contributed by atoms with Crippen molar-refractivity contribution in [1.82, 2.24) is 15.0 Å². The van der Waals surface area contributed by atoms with Crippen LogP contribution in [0.4, 0.5) is 0 Å². The van der Waals surface area contributed by atoms with Crippen molar-refractivity contribution in [2.24, 2.45) is 0 Å². The Morgan fingerprint density at radius 1 is 1.30 bits per heavy atom. The molecule has 0 radical (unpaired) electrons. The normalized spacial score (nSPS) is 10.6. The summed E-state index contributed by atoms with van der Waals surface area (Å²) in [5, 5.41) is 3.92. The molecule has 0 saturated heterocycles. The van der Waals surface area contributed by atoms with Crippen molar-refractivity contribution in [3.8, 4) is 11.5 Å². The lowest BCUT2D eigenvalue weighted by Crippen LogP contribution is -2.23. The number of carbonyl (C=O) groups excluding carboxylic acids is 1. The van der Waals surface area contributed by atoms with Crippen LogP contribution in [-0.4, -0.2) is 40.8 Å². The predicted molar refractivity (Wildman–Crippen MR) is 79.3 cm³/mol. The molecule has 0 saturated carbocycles. The Bertz CT molecular complexity index is 578. The maximum atomic E-state index is 11.4. The van der Waals surface area contributed by atoms with Gasteiger partial charge in [-0.15, -0.1) is 11.8 Å². The largest absolute Gasteiger partial charge is 0.348 e. The van der Waals surface area contributed by atoms with Crippen molar-refractivity contribution in [2.75, 3.05) is 19.8 Å². The molecule has 1 aromatic carbocycles. The number of thioether (sulfide) groups is 1. The molecular formula is C14H17N3O2S. The third-order valence-corrected chi connectivity index (χ3v) is 3.64. The Morgan fingerprint density at radius 2 is 2.00 bits per heavy atom.